The number of rotatable bonds is 4. The van der Waals surface area contributed by atoms with Gasteiger partial charge in [-0.05, 0) is 19.1 Å². The molecule has 2 N–H and O–H groups in total. The minimum absolute atomic E-state index is 0.0513. The third-order valence-electron chi connectivity index (χ3n) is 2.29. The molecule has 0 spiro atoms. The molecule has 1 aromatic carbocycles. The van der Waals surface area contributed by atoms with E-state index < -0.39 is 20.9 Å². The zero-order valence-electron chi connectivity index (χ0n) is 10.3. The second-order valence-corrected chi connectivity index (χ2v) is 7.45. The lowest BCUT2D eigenvalue weighted by molar-refractivity contribution is 0.0697. The predicted octanol–water partition coefficient (Wildman–Crippen LogP) is 2.65. The van der Waals surface area contributed by atoms with Gasteiger partial charge in [0.05, 0.1) is 15.6 Å². The number of benzene rings is 1. The average molecular weight is 368 g/mol. The summed E-state index contributed by atoms with van der Waals surface area (Å²) in [6.45, 7) is 1.66. The summed E-state index contributed by atoms with van der Waals surface area (Å²) in [5.41, 5.74) is -0.366. The number of hydrogen-bond donors (Lipinski definition) is 2. The third kappa shape index (κ3) is 3.43. The third-order valence-corrected chi connectivity index (χ3v) is 5.29. The molecule has 0 atom stereocenters. The van der Waals surface area contributed by atoms with Crippen LogP contribution in [0.25, 0.3) is 0 Å². The topological polar surface area (TPSA) is 109 Å². The minimum atomic E-state index is -4.10. The summed E-state index contributed by atoms with van der Waals surface area (Å²) in [6, 6.07) is 1.95. The van der Waals surface area contributed by atoms with Gasteiger partial charge >= 0.3 is 5.97 Å². The molecule has 0 aliphatic heterocycles. The van der Waals surface area contributed by atoms with Crippen LogP contribution in [0.4, 0.5) is 5.13 Å². The maximum Gasteiger partial charge on any atom is 0.337 e. The molecule has 21 heavy (non-hydrogen) atoms. The summed E-state index contributed by atoms with van der Waals surface area (Å²) in [7, 11) is -4.10. The zero-order chi connectivity index (χ0) is 15.8. The Kier molecular flexibility index (Phi) is 4.38. The summed E-state index contributed by atoms with van der Waals surface area (Å²) in [4.78, 5) is 10.6. The number of carbonyl (C=O) groups is 1. The molecule has 0 saturated heterocycles. The van der Waals surface area contributed by atoms with E-state index >= 15 is 0 Å². The van der Waals surface area contributed by atoms with Crippen molar-refractivity contribution in [2.45, 2.75) is 11.8 Å². The van der Waals surface area contributed by atoms with Crippen molar-refractivity contribution in [3.05, 3.63) is 32.7 Å². The molecule has 0 unspecified atom stereocenters. The molecular formula is C10H7Cl2N3O4S2. The van der Waals surface area contributed by atoms with Crippen LogP contribution in [0.5, 0.6) is 0 Å². The van der Waals surface area contributed by atoms with Crippen molar-refractivity contribution in [1.29, 1.82) is 0 Å². The first-order chi connectivity index (χ1) is 9.70. The van der Waals surface area contributed by atoms with Crippen LogP contribution in [0, 0.1) is 6.92 Å². The fourth-order valence-electron chi connectivity index (χ4n) is 1.41. The molecule has 2 aromatic rings. The highest BCUT2D eigenvalue weighted by atomic mass is 35.5. The van der Waals surface area contributed by atoms with Crippen LogP contribution in [-0.2, 0) is 10.0 Å². The molecule has 0 aliphatic rings. The van der Waals surface area contributed by atoms with Crippen molar-refractivity contribution in [2.75, 3.05) is 4.72 Å². The van der Waals surface area contributed by atoms with Gasteiger partial charge in [-0.2, -0.15) is 0 Å². The van der Waals surface area contributed by atoms with Crippen LogP contribution >= 0.6 is 34.5 Å². The first-order valence-electron chi connectivity index (χ1n) is 5.26. The van der Waals surface area contributed by atoms with E-state index in [1.807, 2.05) is 0 Å². The van der Waals surface area contributed by atoms with E-state index in [4.69, 9.17) is 28.3 Å². The molecule has 1 heterocycles. The quantitative estimate of drug-likeness (QED) is 0.859. The SMILES string of the molecule is Cc1nnc(NS(=O)(=O)c2cc(C(=O)O)c(Cl)cc2Cl)s1. The highest BCUT2D eigenvalue weighted by Gasteiger charge is 2.23. The minimum Gasteiger partial charge on any atom is -0.478 e. The number of sulfonamides is 1. The van der Waals surface area contributed by atoms with Crippen molar-refractivity contribution in [1.82, 2.24) is 10.2 Å². The first kappa shape index (κ1) is 16.0. The van der Waals surface area contributed by atoms with E-state index in [0.717, 1.165) is 23.5 Å². The standard InChI is InChI=1S/C10H7Cl2N3O4S2/c1-4-13-14-10(20-4)15-21(18,19)8-2-5(9(16)17)6(11)3-7(8)12/h2-3H,1H3,(H,14,15)(H,16,17). The maximum atomic E-state index is 12.2. The van der Waals surface area contributed by atoms with Gasteiger partial charge < -0.3 is 5.11 Å². The molecular weight excluding hydrogens is 361 g/mol. The van der Waals surface area contributed by atoms with Crippen molar-refractivity contribution in [3.63, 3.8) is 0 Å². The van der Waals surface area contributed by atoms with E-state index in [1.165, 1.54) is 0 Å². The largest absolute Gasteiger partial charge is 0.478 e. The Hall–Kier alpha value is -1.42. The number of halogens is 2. The number of nitrogens with zero attached hydrogens (tertiary/aromatic N) is 2. The lowest BCUT2D eigenvalue weighted by atomic mass is 10.2. The monoisotopic (exact) mass is 367 g/mol. The lowest BCUT2D eigenvalue weighted by Gasteiger charge is -2.09. The van der Waals surface area contributed by atoms with Crippen molar-refractivity contribution < 1.29 is 18.3 Å². The summed E-state index contributed by atoms with van der Waals surface area (Å²) < 4.78 is 26.6. The highest BCUT2D eigenvalue weighted by Crippen LogP contribution is 2.30. The first-order valence-corrected chi connectivity index (χ1v) is 8.31. The van der Waals surface area contributed by atoms with Gasteiger partial charge in [0.1, 0.15) is 9.90 Å². The number of aromatic carboxylic acids is 1. The van der Waals surface area contributed by atoms with Crippen LogP contribution < -0.4 is 4.72 Å². The van der Waals surface area contributed by atoms with Crippen molar-refractivity contribution in [2.24, 2.45) is 0 Å². The molecule has 0 saturated carbocycles. The van der Waals surface area contributed by atoms with Crippen LogP contribution in [0.2, 0.25) is 10.0 Å². The van der Waals surface area contributed by atoms with Crippen LogP contribution in [0.1, 0.15) is 15.4 Å². The number of anilines is 1. The second-order valence-electron chi connectivity index (χ2n) is 3.80. The Labute approximate surface area is 133 Å². The Morgan fingerprint density at radius 3 is 2.48 bits per heavy atom. The number of carboxylic acids is 1. The summed E-state index contributed by atoms with van der Waals surface area (Å²) in [5.74, 6) is -1.36. The molecule has 112 valence electrons. The number of hydrogen-bond acceptors (Lipinski definition) is 6. The summed E-state index contributed by atoms with van der Waals surface area (Å²) >= 11 is 12.6. The van der Waals surface area contributed by atoms with Gasteiger partial charge in [-0.15, -0.1) is 10.2 Å². The predicted molar refractivity (Wildman–Crippen MR) is 78.9 cm³/mol. The van der Waals surface area contributed by atoms with Crippen LogP contribution in [0.3, 0.4) is 0 Å². The molecule has 2 rings (SSSR count). The van der Waals surface area contributed by atoms with Gasteiger partial charge in [0, 0.05) is 0 Å². The van der Waals surface area contributed by atoms with Crippen LogP contribution in [-0.4, -0.2) is 29.7 Å². The van der Waals surface area contributed by atoms with E-state index in [-0.39, 0.29) is 20.7 Å². The smallest absolute Gasteiger partial charge is 0.337 e. The fourth-order valence-corrected chi connectivity index (χ4v) is 4.08. The van der Waals surface area contributed by atoms with Crippen molar-refractivity contribution >= 4 is 55.7 Å². The maximum absolute atomic E-state index is 12.2. The van der Waals surface area contributed by atoms with E-state index in [1.54, 1.807) is 6.92 Å². The molecule has 11 heteroatoms. The van der Waals surface area contributed by atoms with Gasteiger partial charge in [-0.3, -0.25) is 4.72 Å². The van der Waals surface area contributed by atoms with Gasteiger partial charge in [0.2, 0.25) is 5.13 Å². The molecule has 1 aromatic heterocycles. The lowest BCUT2D eigenvalue weighted by Crippen LogP contribution is -2.14. The van der Waals surface area contributed by atoms with Crippen LogP contribution in [0.15, 0.2) is 17.0 Å². The zero-order valence-corrected chi connectivity index (χ0v) is 13.4. The number of aromatic nitrogens is 2. The fraction of sp³-hybridized carbons (Fsp3) is 0.100. The Morgan fingerprint density at radius 1 is 1.29 bits per heavy atom. The molecule has 0 bridgehead atoms. The molecule has 7 nitrogen and oxygen atoms in total. The summed E-state index contributed by atoms with van der Waals surface area (Å²) in [6.07, 6.45) is 0. The van der Waals surface area contributed by atoms with E-state index in [9.17, 15) is 13.2 Å². The molecule has 0 amide bonds. The van der Waals surface area contributed by atoms with Crippen molar-refractivity contribution in [3.8, 4) is 0 Å². The normalized spacial score (nSPS) is 11.4. The average Bonchev–Trinajstić information content (AvgIpc) is 2.72. The molecule has 0 radical (unpaired) electrons. The van der Waals surface area contributed by atoms with Gasteiger partial charge in [-0.25, -0.2) is 13.2 Å². The van der Waals surface area contributed by atoms with E-state index in [2.05, 4.69) is 14.9 Å². The Balaban J connectivity index is 2.49. The van der Waals surface area contributed by atoms with Gasteiger partial charge in [0.15, 0.2) is 0 Å². The molecule has 0 fully saturated rings. The number of carboxylic acid groups (broad SMARTS) is 1. The Morgan fingerprint density at radius 2 is 1.95 bits per heavy atom. The highest BCUT2D eigenvalue weighted by molar-refractivity contribution is 7.93. The number of nitrogens with one attached hydrogen (secondary N) is 1. The van der Waals surface area contributed by atoms with Gasteiger partial charge in [-0.1, -0.05) is 34.5 Å². The van der Waals surface area contributed by atoms with Gasteiger partial charge in [0.25, 0.3) is 10.0 Å². The van der Waals surface area contributed by atoms with E-state index in [0.29, 0.717) is 5.01 Å². The Bertz CT molecular complexity index is 820. The second kappa shape index (κ2) is 5.76. The summed E-state index contributed by atoms with van der Waals surface area (Å²) in [5, 5.41) is 16.5. The molecule has 0 aliphatic carbocycles. The number of aryl methyl sites for hydroxylation is 1.